The lowest BCUT2D eigenvalue weighted by molar-refractivity contribution is 0.104. The maximum absolute atomic E-state index is 13.1. The number of benzene rings is 2. The minimum Gasteiger partial charge on any atom is -0.288 e. The largest absolute Gasteiger partial charge is 0.288 e. The summed E-state index contributed by atoms with van der Waals surface area (Å²) in [6, 6.07) is 13.1. The van der Waals surface area contributed by atoms with Gasteiger partial charge in [0.25, 0.3) is 0 Å². The quantitative estimate of drug-likeness (QED) is 0.370. The van der Waals surface area contributed by atoms with Crippen molar-refractivity contribution in [3.05, 3.63) is 97.3 Å². The van der Waals surface area contributed by atoms with Gasteiger partial charge in [-0.1, -0.05) is 23.7 Å². The maximum atomic E-state index is 13.1. The SMILES string of the molecule is Cc1ccsc1/C=C(/C(=O)c1ccc(Cl)cc1)S(=O)(=O)Cc1ccc(F)cc1. The van der Waals surface area contributed by atoms with Crippen molar-refractivity contribution in [1.82, 2.24) is 0 Å². The van der Waals surface area contributed by atoms with Crippen LogP contribution < -0.4 is 0 Å². The van der Waals surface area contributed by atoms with E-state index in [0.717, 1.165) is 5.56 Å². The molecule has 2 aromatic carbocycles. The van der Waals surface area contributed by atoms with Crippen molar-refractivity contribution < 1.29 is 17.6 Å². The van der Waals surface area contributed by atoms with Gasteiger partial charge in [0.1, 0.15) is 10.7 Å². The number of sulfone groups is 1. The molecule has 0 N–H and O–H groups in total. The van der Waals surface area contributed by atoms with Gasteiger partial charge in [0, 0.05) is 15.5 Å². The molecule has 3 rings (SSSR count). The molecule has 0 aliphatic rings. The highest BCUT2D eigenvalue weighted by Gasteiger charge is 2.27. The van der Waals surface area contributed by atoms with Crippen molar-refractivity contribution in [3.8, 4) is 0 Å². The van der Waals surface area contributed by atoms with E-state index in [0.29, 0.717) is 15.5 Å². The molecule has 0 radical (unpaired) electrons. The lowest BCUT2D eigenvalue weighted by Gasteiger charge is -2.10. The van der Waals surface area contributed by atoms with Gasteiger partial charge in [0.2, 0.25) is 5.78 Å². The van der Waals surface area contributed by atoms with Gasteiger partial charge in [-0.25, -0.2) is 12.8 Å². The molecule has 0 fully saturated rings. The Kier molecular flexibility index (Phi) is 6.13. The number of aryl methyl sites for hydroxylation is 1. The minimum atomic E-state index is -3.98. The summed E-state index contributed by atoms with van der Waals surface area (Å²) in [5.41, 5.74) is 1.51. The van der Waals surface area contributed by atoms with Crippen LogP contribution >= 0.6 is 22.9 Å². The Morgan fingerprint density at radius 1 is 1.07 bits per heavy atom. The lowest BCUT2D eigenvalue weighted by Crippen LogP contribution is -2.16. The van der Waals surface area contributed by atoms with Gasteiger partial charge in [0.05, 0.1) is 5.75 Å². The maximum Gasteiger partial charge on any atom is 0.204 e. The van der Waals surface area contributed by atoms with Crippen molar-refractivity contribution in [3.63, 3.8) is 0 Å². The van der Waals surface area contributed by atoms with Gasteiger partial charge in [-0.05, 0) is 72.0 Å². The minimum absolute atomic E-state index is 0.229. The van der Waals surface area contributed by atoms with Crippen LogP contribution in [0.15, 0.2) is 64.9 Å². The molecule has 1 heterocycles. The first-order valence-electron chi connectivity index (χ1n) is 8.29. The monoisotopic (exact) mass is 434 g/mol. The fraction of sp³-hybridized carbons (Fsp3) is 0.0952. The van der Waals surface area contributed by atoms with E-state index in [-0.39, 0.29) is 10.5 Å². The second-order valence-corrected chi connectivity index (χ2v) is 9.54. The van der Waals surface area contributed by atoms with Crippen molar-refractivity contribution in [2.24, 2.45) is 0 Å². The average molecular weight is 435 g/mol. The Hall–Kier alpha value is -2.28. The van der Waals surface area contributed by atoms with Crippen molar-refractivity contribution >= 4 is 44.6 Å². The smallest absolute Gasteiger partial charge is 0.204 e. The number of rotatable bonds is 6. The molecule has 7 heteroatoms. The molecular formula is C21H16ClFO3S2. The lowest BCUT2D eigenvalue weighted by atomic mass is 10.1. The summed E-state index contributed by atoms with van der Waals surface area (Å²) in [6.45, 7) is 1.85. The summed E-state index contributed by atoms with van der Waals surface area (Å²) in [4.78, 5) is 13.4. The molecule has 0 spiro atoms. The molecule has 0 atom stereocenters. The second kappa shape index (κ2) is 8.39. The molecule has 0 saturated heterocycles. The molecular weight excluding hydrogens is 419 g/mol. The molecule has 1 aromatic heterocycles. The number of Topliss-reactive ketones (excluding diaryl/α,β-unsaturated/α-hetero) is 1. The number of carbonyl (C=O) groups excluding carboxylic acids is 1. The summed E-state index contributed by atoms with van der Waals surface area (Å²) >= 11 is 7.22. The normalized spacial score (nSPS) is 12.2. The summed E-state index contributed by atoms with van der Waals surface area (Å²) in [6.07, 6.45) is 1.41. The zero-order valence-corrected chi connectivity index (χ0v) is 17.2. The molecule has 28 heavy (non-hydrogen) atoms. The predicted molar refractivity (Wildman–Crippen MR) is 112 cm³/mol. The summed E-state index contributed by atoms with van der Waals surface area (Å²) < 4.78 is 39.3. The van der Waals surface area contributed by atoms with Crippen LogP contribution in [-0.2, 0) is 15.6 Å². The Balaban J connectivity index is 2.06. The first-order chi connectivity index (χ1) is 13.3. The summed E-state index contributed by atoms with van der Waals surface area (Å²) in [5, 5.41) is 2.28. The second-order valence-electron chi connectivity index (χ2n) is 6.20. The third-order valence-electron chi connectivity index (χ3n) is 4.10. The molecule has 3 aromatic rings. The highest BCUT2D eigenvalue weighted by molar-refractivity contribution is 7.95. The first-order valence-corrected chi connectivity index (χ1v) is 11.2. The van der Waals surface area contributed by atoms with Crippen molar-refractivity contribution in [1.29, 1.82) is 0 Å². The van der Waals surface area contributed by atoms with E-state index in [9.17, 15) is 17.6 Å². The molecule has 0 saturated carbocycles. The van der Waals surface area contributed by atoms with E-state index in [1.807, 2.05) is 18.4 Å². The molecule has 0 unspecified atom stereocenters. The van der Waals surface area contributed by atoms with Gasteiger partial charge in [-0.3, -0.25) is 4.79 Å². The van der Waals surface area contributed by atoms with E-state index in [1.165, 1.54) is 65.9 Å². The third-order valence-corrected chi connectivity index (χ3v) is 7.00. The molecule has 144 valence electrons. The van der Waals surface area contributed by atoms with Crippen LogP contribution in [0.25, 0.3) is 6.08 Å². The molecule has 3 nitrogen and oxygen atoms in total. The van der Waals surface area contributed by atoms with Gasteiger partial charge in [0.15, 0.2) is 9.84 Å². The highest BCUT2D eigenvalue weighted by Crippen LogP contribution is 2.26. The van der Waals surface area contributed by atoms with Crippen LogP contribution in [0.3, 0.4) is 0 Å². The topological polar surface area (TPSA) is 51.2 Å². The van der Waals surface area contributed by atoms with Gasteiger partial charge >= 0.3 is 0 Å². The fourth-order valence-corrected chi connectivity index (χ4v) is 5.11. The Bertz CT molecular complexity index is 1130. The number of allylic oxidation sites excluding steroid dienone is 1. The molecule has 0 bridgehead atoms. The number of halogens is 2. The van der Waals surface area contributed by atoms with E-state index in [1.54, 1.807) is 0 Å². The number of ketones is 1. The van der Waals surface area contributed by atoms with E-state index >= 15 is 0 Å². The molecule has 0 aliphatic carbocycles. The number of carbonyl (C=O) groups is 1. The molecule has 0 amide bonds. The van der Waals surface area contributed by atoms with E-state index in [4.69, 9.17) is 11.6 Å². The van der Waals surface area contributed by atoms with Gasteiger partial charge in [-0.15, -0.1) is 11.3 Å². The number of hydrogen-bond acceptors (Lipinski definition) is 4. The van der Waals surface area contributed by atoms with Crippen LogP contribution in [0, 0.1) is 12.7 Å². The van der Waals surface area contributed by atoms with Crippen LogP contribution in [-0.4, -0.2) is 14.2 Å². The standard InChI is InChI=1S/C21H16ClFO3S2/c1-14-10-11-27-19(14)12-20(21(24)16-4-6-17(22)7-5-16)28(25,26)13-15-2-8-18(23)9-3-15/h2-12H,13H2,1H3/b20-12-. The number of hydrogen-bond donors (Lipinski definition) is 0. The Morgan fingerprint density at radius 2 is 1.71 bits per heavy atom. The zero-order valence-electron chi connectivity index (χ0n) is 14.9. The summed E-state index contributed by atoms with van der Waals surface area (Å²) in [7, 11) is -3.98. The van der Waals surface area contributed by atoms with Crippen LogP contribution in [0.1, 0.15) is 26.4 Å². The zero-order chi connectivity index (χ0) is 20.3. The van der Waals surface area contributed by atoms with Crippen LogP contribution in [0.2, 0.25) is 5.02 Å². The van der Waals surface area contributed by atoms with Crippen LogP contribution in [0.4, 0.5) is 4.39 Å². The predicted octanol–water partition coefficient (Wildman–Crippen LogP) is 5.69. The van der Waals surface area contributed by atoms with E-state index in [2.05, 4.69) is 0 Å². The van der Waals surface area contributed by atoms with Crippen LogP contribution in [0.5, 0.6) is 0 Å². The Labute approximate surface area is 172 Å². The molecule has 0 aliphatic heterocycles. The van der Waals surface area contributed by atoms with Gasteiger partial charge in [-0.2, -0.15) is 0 Å². The Morgan fingerprint density at radius 3 is 2.29 bits per heavy atom. The highest BCUT2D eigenvalue weighted by atomic mass is 35.5. The fourth-order valence-electron chi connectivity index (χ4n) is 2.57. The third kappa shape index (κ3) is 4.76. The van der Waals surface area contributed by atoms with Crippen molar-refractivity contribution in [2.75, 3.05) is 0 Å². The van der Waals surface area contributed by atoms with Gasteiger partial charge < -0.3 is 0 Å². The first kappa shape index (κ1) is 20.5. The summed E-state index contributed by atoms with van der Waals surface area (Å²) in [5.74, 6) is -1.46. The van der Waals surface area contributed by atoms with E-state index < -0.39 is 27.2 Å². The number of thiophene rings is 1. The van der Waals surface area contributed by atoms with Crippen molar-refractivity contribution in [2.45, 2.75) is 12.7 Å². The average Bonchev–Trinajstić information content (AvgIpc) is 3.06.